The van der Waals surface area contributed by atoms with Crippen molar-refractivity contribution in [2.24, 2.45) is 0 Å². The summed E-state index contributed by atoms with van der Waals surface area (Å²) in [7, 11) is 0. The average Bonchev–Trinajstić information content (AvgIpc) is 2.66. The van der Waals surface area contributed by atoms with Gasteiger partial charge in [-0.2, -0.15) is 0 Å². The van der Waals surface area contributed by atoms with Crippen LogP contribution >= 0.6 is 11.3 Å². The van der Waals surface area contributed by atoms with Crippen molar-refractivity contribution in [3.05, 3.63) is 16.6 Å². The van der Waals surface area contributed by atoms with Gasteiger partial charge in [-0.3, -0.25) is 0 Å². The van der Waals surface area contributed by atoms with E-state index >= 15 is 0 Å². The molecule has 0 saturated carbocycles. The number of hydrogen-bond donors (Lipinski definition) is 1. The van der Waals surface area contributed by atoms with Crippen molar-refractivity contribution in [1.29, 1.82) is 0 Å². The van der Waals surface area contributed by atoms with Gasteiger partial charge in [0, 0.05) is 18.0 Å². The van der Waals surface area contributed by atoms with Crippen LogP contribution in [-0.2, 0) is 16.0 Å². The number of ether oxygens (including phenoxy) is 1. The monoisotopic (exact) mass is 256 g/mol. The molecular formula is C11H16N2O3S. The largest absolute Gasteiger partial charge is 0.444 e. The lowest BCUT2D eigenvalue weighted by atomic mass is 10.2. The second-order valence-corrected chi connectivity index (χ2v) is 5.50. The lowest BCUT2D eigenvalue weighted by molar-refractivity contribution is -0.109. The molecule has 0 unspecified atom stereocenters. The van der Waals surface area contributed by atoms with Gasteiger partial charge in [-0.1, -0.05) is 0 Å². The number of carbonyl (C=O) groups excluding carboxylic acids is 2. The summed E-state index contributed by atoms with van der Waals surface area (Å²) in [6, 6.07) is -0.601. The normalized spacial score (nSPS) is 12.9. The number of thiazole rings is 1. The Balaban J connectivity index is 2.47. The zero-order valence-corrected chi connectivity index (χ0v) is 10.9. The highest BCUT2D eigenvalue weighted by Crippen LogP contribution is 2.09. The van der Waals surface area contributed by atoms with Crippen molar-refractivity contribution in [3.63, 3.8) is 0 Å². The number of nitrogens with zero attached hydrogens (tertiary/aromatic N) is 1. The van der Waals surface area contributed by atoms with Crippen LogP contribution in [-0.4, -0.2) is 29.0 Å². The zero-order valence-electron chi connectivity index (χ0n) is 10.1. The molecule has 1 heterocycles. The van der Waals surface area contributed by atoms with E-state index in [-0.39, 0.29) is 0 Å². The van der Waals surface area contributed by atoms with E-state index in [2.05, 4.69) is 10.3 Å². The molecule has 0 aromatic carbocycles. The fourth-order valence-electron chi connectivity index (χ4n) is 1.13. The minimum absolute atomic E-state index is 0.389. The van der Waals surface area contributed by atoms with E-state index in [4.69, 9.17) is 4.74 Å². The summed E-state index contributed by atoms with van der Waals surface area (Å²) in [5.41, 5.74) is -0.571. The third-order valence-corrected chi connectivity index (χ3v) is 2.55. The van der Waals surface area contributed by atoms with Gasteiger partial charge in [0.05, 0.1) is 11.0 Å². The highest BCUT2D eigenvalue weighted by atomic mass is 32.1. The lowest BCUT2D eigenvalue weighted by Crippen LogP contribution is -2.41. The summed E-state index contributed by atoms with van der Waals surface area (Å²) in [5, 5.41) is 5.13. The topological polar surface area (TPSA) is 68.3 Å². The molecule has 0 spiro atoms. The summed E-state index contributed by atoms with van der Waals surface area (Å²) in [6.07, 6.45) is 2.15. The molecule has 6 heteroatoms. The van der Waals surface area contributed by atoms with Crippen LogP contribution in [0, 0.1) is 0 Å². The Hall–Kier alpha value is -1.43. The molecular weight excluding hydrogens is 240 g/mol. The van der Waals surface area contributed by atoms with E-state index in [9.17, 15) is 9.59 Å². The lowest BCUT2D eigenvalue weighted by Gasteiger charge is -2.21. The molecule has 17 heavy (non-hydrogen) atoms. The van der Waals surface area contributed by atoms with Gasteiger partial charge >= 0.3 is 6.09 Å². The summed E-state index contributed by atoms with van der Waals surface area (Å²) >= 11 is 1.44. The van der Waals surface area contributed by atoms with Crippen molar-refractivity contribution < 1.29 is 14.3 Å². The third kappa shape index (κ3) is 5.44. The van der Waals surface area contributed by atoms with Gasteiger partial charge < -0.3 is 14.8 Å². The van der Waals surface area contributed by atoms with Crippen LogP contribution in [0.1, 0.15) is 25.8 Å². The van der Waals surface area contributed by atoms with E-state index in [1.54, 1.807) is 27.0 Å². The minimum Gasteiger partial charge on any atom is -0.444 e. The predicted octanol–water partition coefficient (Wildman–Crippen LogP) is 1.78. The van der Waals surface area contributed by atoms with Gasteiger partial charge in [0.15, 0.2) is 0 Å². The Kier molecular flexibility index (Phi) is 4.62. The summed E-state index contributed by atoms with van der Waals surface area (Å²) < 4.78 is 5.06. The molecule has 0 aliphatic heterocycles. The Morgan fingerprint density at radius 3 is 2.82 bits per heavy atom. The number of hydrogen-bond acceptors (Lipinski definition) is 5. The number of aromatic nitrogens is 1. The fraction of sp³-hybridized carbons (Fsp3) is 0.545. The summed E-state index contributed by atoms with van der Waals surface area (Å²) in [5.74, 6) is 0. The van der Waals surface area contributed by atoms with Crippen LogP contribution in [0.5, 0.6) is 0 Å². The first-order chi connectivity index (χ1) is 7.90. The van der Waals surface area contributed by atoms with Crippen LogP contribution in [0.2, 0.25) is 0 Å². The molecule has 0 fully saturated rings. The van der Waals surface area contributed by atoms with Gasteiger partial charge in [-0.05, 0) is 20.8 Å². The van der Waals surface area contributed by atoms with E-state index in [0.717, 1.165) is 5.01 Å². The summed E-state index contributed by atoms with van der Waals surface area (Å²) in [6.45, 7) is 5.30. The molecule has 5 nitrogen and oxygen atoms in total. The zero-order chi connectivity index (χ0) is 12.9. The molecule has 0 bridgehead atoms. The quantitative estimate of drug-likeness (QED) is 0.834. The number of aldehydes is 1. The van der Waals surface area contributed by atoms with Crippen LogP contribution in [0.4, 0.5) is 4.79 Å². The number of nitrogens with one attached hydrogen (secondary N) is 1. The Morgan fingerprint density at radius 1 is 1.65 bits per heavy atom. The van der Waals surface area contributed by atoms with Crippen molar-refractivity contribution in [2.75, 3.05) is 0 Å². The van der Waals surface area contributed by atoms with E-state index < -0.39 is 17.7 Å². The SMILES string of the molecule is CC(C)(C)OC(=O)N[C@H](C=O)Cc1nccs1. The third-order valence-electron chi connectivity index (χ3n) is 1.74. The van der Waals surface area contributed by atoms with Crippen LogP contribution in [0.3, 0.4) is 0 Å². The Morgan fingerprint density at radius 2 is 2.35 bits per heavy atom. The van der Waals surface area contributed by atoms with Gasteiger partial charge in [0.1, 0.15) is 11.9 Å². The Labute approximate surface area is 104 Å². The van der Waals surface area contributed by atoms with E-state index in [1.165, 1.54) is 11.3 Å². The van der Waals surface area contributed by atoms with Gasteiger partial charge in [0.25, 0.3) is 0 Å². The molecule has 1 rings (SSSR count). The summed E-state index contributed by atoms with van der Waals surface area (Å²) in [4.78, 5) is 26.3. The van der Waals surface area contributed by atoms with Crippen LogP contribution in [0.25, 0.3) is 0 Å². The van der Waals surface area contributed by atoms with Crippen molar-refractivity contribution >= 4 is 23.7 Å². The first-order valence-corrected chi connectivity index (χ1v) is 6.12. The molecule has 0 radical (unpaired) electrons. The maximum Gasteiger partial charge on any atom is 0.408 e. The van der Waals surface area contributed by atoms with Crippen LogP contribution in [0.15, 0.2) is 11.6 Å². The molecule has 1 aromatic rings. The molecule has 0 aliphatic carbocycles. The van der Waals surface area contributed by atoms with Crippen molar-refractivity contribution in [3.8, 4) is 0 Å². The fourth-order valence-corrected chi connectivity index (χ4v) is 1.81. The smallest absolute Gasteiger partial charge is 0.408 e. The van der Waals surface area contributed by atoms with Gasteiger partial charge in [0.2, 0.25) is 0 Å². The maximum absolute atomic E-state index is 11.4. The number of rotatable bonds is 4. The minimum atomic E-state index is -0.601. The van der Waals surface area contributed by atoms with E-state index in [0.29, 0.717) is 12.7 Å². The van der Waals surface area contributed by atoms with Gasteiger partial charge in [-0.25, -0.2) is 9.78 Å². The van der Waals surface area contributed by atoms with Crippen molar-refractivity contribution in [2.45, 2.75) is 38.8 Å². The second-order valence-electron chi connectivity index (χ2n) is 4.52. The predicted molar refractivity (Wildman–Crippen MR) is 65.0 cm³/mol. The molecule has 1 atom stereocenters. The molecule has 94 valence electrons. The highest BCUT2D eigenvalue weighted by molar-refractivity contribution is 7.09. The molecule has 1 amide bonds. The first-order valence-electron chi connectivity index (χ1n) is 5.24. The average molecular weight is 256 g/mol. The standard InChI is InChI=1S/C11H16N2O3S/c1-11(2,3)16-10(15)13-8(7-14)6-9-12-4-5-17-9/h4-5,7-8H,6H2,1-3H3,(H,13,15)/t8-/m0/s1. The van der Waals surface area contributed by atoms with Crippen molar-refractivity contribution in [1.82, 2.24) is 10.3 Å². The number of amides is 1. The number of alkyl carbamates (subject to hydrolysis) is 1. The van der Waals surface area contributed by atoms with E-state index in [1.807, 2.05) is 5.38 Å². The van der Waals surface area contributed by atoms with Crippen LogP contribution < -0.4 is 5.32 Å². The molecule has 1 aromatic heterocycles. The maximum atomic E-state index is 11.4. The molecule has 1 N–H and O–H groups in total. The second kappa shape index (κ2) is 5.77. The van der Waals surface area contributed by atoms with Gasteiger partial charge in [-0.15, -0.1) is 11.3 Å². The molecule has 0 saturated heterocycles. The Bertz CT molecular complexity index is 371. The first kappa shape index (κ1) is 13.6. The molecule has 0 aliphatic rings. The highest BCUT2D eigenvalue weighted by Gasteiger charge is 2.19. The number of carbonyl (C=O) groups is 2.